The van der Waals surface area contributed by atoms with Gasteiger partial charge in [-0.05, 0) is 25.5 Å². The summed E-state index contributed by atoms with van der Waals surface area (Å²) >= 11 is 0. The number of likely N-dealkylation sites (N-methyl/N-ethyl adjacent to an activating group) is 1. The quantitative estimate of drug-likeness (QED) is 0.599. The van der Waals surface area contributed by atoms with E-state index in [1.807, 2.05) is 40.1 Å². The normalized spacial score (nSPS) is 9.81. The highest BCUT2D eigenvalue weighted by Crippen LogP contribution is 2.15. The van der Waals surface area contributed by atoms with E-state index in [1.54, 1.807) is 0 Å². The van der Waals surface area contributed by atoms with Crippen LogP contribution < -0.4 is 22.6 Å². The highest BCUT2D eigenvalue weighted by molar-refractivity contribution is 5.92. The fraction of sp³-hybridized carbons (Fsp3) is 0.417. The zero-order valence-corrected chi connectivity index (χ0v) is 11.0. The molecule has 0 aliphatic carbocycles. The van der Waals surface area contributed by atoms with Crippen molar-refractivity contribution in [3.05, 3.63) is 29.3 Å². The maximum Gasteiger partial charge on any atom is 0.279 e. The Morgan fingerprint density at radius 2 is 1.94 bits per heavy atom. The third-order valence-corrected chi connectivity index (χ3v) is 2.17. The molecule has 1 amide bonds. The molecule has 0 spiro atoms. The van der Waals surface area contributed by atoms with Crippen LogP contribution in [-0.2, 0) is 4.79 Å². The van der Waals surface area contributed by atoms with Crippen molar-refractivity contribution in [2.45, 2.75) is 13.8 Å². The van der Waals surface area contributed by atoms with Gasteiger partial charge < -0.3 is 22.6 Å². The molecule has 0 aromatic heterocycles. The first-order valence-electron chi connectivity index (χ1n) is 5.15. The van der Waals surface area contributed by atoms with Crippen molar-refractivity contribution >= 4 is 11.6 Å². The Morgan fingerprint density at radius 3 is 2.44 bits per heavy atom. The maximum atomic E-state index is 11.5. The Labute approximate surface area is 103 Å². The molecule has 0 radical (unpaired) electrons. The predicted molar refractivity (Wildman–Crippen MR) is 62.2 cm³/mol. The second-order valence-electron chi connectivity index (χ2n) is 4.25. The van der Waals surface area contributed by atoms with Gasteiger partial charge in [0.2, 0.25) is 0 Å². The fourth-order valence-corrected chi connectivity index (χ4v) is 1.47. The zero-order chi connectivity index (χ0) is 11.4. The molecule has 3 nitrogen and oxygen atoms in total. The van der Waals surface area contributed by atoms with Gasteiger partial charge >= 0.3 is 0 Å². The first-order valence-corrected chi connectivity index (χ1v) is 5.15. The Morgan fingerprint density at radius 1 is 1.31 bits per heavy atom. The molecule has 90 valence electrons. The van der Waals surface area contributed by atoms with Crippen molar-refractivity contribution in [3.8, 4) is 0 Å². The van der Waals surface area contributed by atoms with E-state index in [-0.39, 0.29) is 18.3 Å². The monoisotopic (exact) mass is 242 g/mol. The number of hydrogen-bond acceptors (Lipinski definition) is 1. The van der Waals surface area contributed by atoms with Gasteiger partial charge in [0.1, 0.15) is 0 Å². The molecule has 0 saturated heterocycles. The first kappa shape index (κ1) is 14.9. The van der Waals surface area contributed by atoms with Crippen molar-refractivity contribution in [2.24, 2.45) is 0 Å². The van der Waals surface area contributed by atoms with Crippen molar-refractivity contribution in [3.63, 3.8) is 0 Å². The summed E-state index contributed by atoms with van der Waals surface area (Å²) in [5.74, 6) is 0.0574. The molecule has 0 fully saturated rings. The summed E-state index contributed by atoms with van der Waals surface area (Å²) in [5, 5.41) is 2.91. The van der Waals surface area contributed by atoms with Gasteiger partial charge in [-0.15, -0.1) is 0 Å². The summed E-state index contributed by atoms with van der Waals surface area (Å²) in [7, 11) is 3.92. The number of carbonyl (C=O) groups is 1. The van der Waals surface area contributed by atoms with Crippen molar-refractivity contribution < 1.29 is 22.1 Å². The number of anilines is 1. The Balaban J connectivity index is 0.00000225. The van der Waals surface area contributed by atoms with E-state index >= 15 is 0 Å². The molecule has 1 aromatic rings. The van der Waals surface area contributed by atoms with Crippen LogP contribution in [0.5, 0.6) is 0 Å². The molecule has 0 atom stereocenters. The summed E-state index contributed by atoms with van der Waals surface area (Å²) in [6.07, 6.45) is 0. The Bertz CT molecular complexity index is 364. The first-order chi connectivity index (χ1) is 6.99. The maximum absolute atomic E-state index is 11.5. The molecule has 0 heterocycles. The lowest BCUT2D eigenvalue weighted by Gasteiger charge is -2.10. The molecule has 0 saturated carbocycles. The van der Waals surface area contributed by atoms with E-state index < -0.39 is 0 Å². The molecule has 0 unspecified atom stereocenters. The van der Waals surface area contributed by atoms with Gasteiger partial charge in [0.15, 0.2) is 6.54 Å². The van der Waals surface area contributed by atoms with Crippen LogP contribution in [0.25, 0.3) is 0 Å². The van der Waals surface area contributed by atoms with Crippen molar-refractivity contribution in [1.29, 1.82) is 0 Å². The zero-order valence-electron chi connectivity index (χ0n) is 10.2. The molecule has 4 heteroatoms. The van der Waals surface area contributed by atoms with E-state index in [2.05, 4.69) is 11.4 Å². The minimum Gasteiger partial charge on any atom is -1.00 e. The topological polar surface area (TPSA) is 33.5 Å². The average molecular weight is 243 g/mol. The van der Waals surface area contributed by atoms with Gasteiger partial charge in [-0.25, -0.2) is 0 Å². The Hall–Kier alpha value is -1.06. The smallest absolute Gasteiger partial charge is 0.279 e. The van der Waals surface area contributed by atoms with Crippen LogP contribution in [0.1, 0.15) is 11.1 Å². The number of aryl methyl sites for hydroxylation is 2. The van der Waals surface area contributed by atoms with E-state index in [1.165, 1.54) is 5.56 Å². The van der Waals surface area contributed by atoms with Gasteiger partial charge in [-0.1, -0.05) is 17.7 Å². The Kier molecular flexibility index (Phi) is 6.08. The van der Waals surface area contributed by atoms with Crippen LogP contribution >= 0.6 is 0 Å². The third-order valence-electron chi connectivity index (χ3n) is 2.17. The number of carbonyl (C=O) groups excluding carboxylic acids is 1. The molecule has 0 bridgehead atoms. The lowest BCUT2D eigenvalue weighted by molar-refractivity contribution is -0.849. The summed E-state index contributed by atoms with van der Waals surface area (Å²) in [6, 6.07) is 6.02. The van der Waals surface area contributed by atoms with Gasteiger partial charge in [0.05, 0.1) is 14.1 Å². The predicted octanol–water partition coefficient (Wildman–Crippen LogP) is -2.61. The minimum absolute atomic E-state index is 0. The summed E-state index contributed by atoms with van der Waals surface area (Å²) in [6.45, 7) is 4.54. The van der Waals surface area contributed by atoms with Gasteiger partial charge in [-0.3, -0.25) is 4.79 Å². The number of quaternary nitrogens is 1. The number of rotatable bonds is 3. The summed E-state index contributed by atoms with van der Waals surface area (Å²) in [5.41, 5.74) is 3.23. The fourth-order valence-electron chi connectivity index (χ4n) is 1.47. The summed E-state index contributed by atoms with van der Waals surface area (Å²) in [4.78, 5) is 12.7. The van der Waals surface area contributed by atoms with Crippen LogP contribution in [0.4, 0.5) is 5.69 Å². The molecule has 0 aliphatic heterocycles. The lowest BCUT2D eigenvalue weighted by Crippen LogP contribution is -3.06. The van der Waals surface area contributed by atoms with Crippen LogP contribution in [0.15, 0.2) is 18.2 Å². The molecular weight excluding hydrogens is 224 g/mol. The number of benzene rings is 1. The number of hydrogen-bond donors (Lipinski definition) is 2. The van der Waals surface area contributed by atoms with Crippen molar-refractivity contribution in [1.82, 2.24) is 0 Å². The van der Waals surface area contributed by atoms with Crippen LogP contribution in [0, 0.1) is 13.8 Å². The lowest BCUT2D eigenvalue weighted by atomic mass is 10.1. The second kappa shape index (κ2) is 6.51. The van der Waals surface area contributed by atoms with Gasteiger partial charge in [0.25, 0.3) is 5.91 Å². The largest absolute Gasteiger partial charge is 1.00 e. The third kappa shape index (κ3) is 4.64. The number of nitrogens with one attached hydrogen (secondary N) is 2. The van der Waals surface area contributed by atoms with Crippen molar-refractivity contribution in [2.75, 3.05) is 26.0 Å². The van der Waals surface area contributed by atoms with E-state index in [0.29, 0.717) is 6.54 Å². The molecule has 1 aromatic carbocycles. The number of amides is 1. The van der Waals surface area contributed by atoms with Gasteiger partial charge in [-0.2, -0.15) is 0 Å². The molecular formula is C12H19ClN2O. The molecule has 16 heavy (non-hydrogen) atoms. The minimum atomic E-state index is 0. The number of halogens is 1. The van der Waals surface area contributed by atoms with E-state index in [4.69, 9.17) is 0 Å². The van der Waals surface area contributed by atoms with E-state index in [0.717, 1.165) is 16.2 Å². The van der Waals surface area contributed by atoms with E-state index in [9.17, 15) is 4.79 Å². The summed E-state index contributed by atoms with van der Waals surface area (Å²) < 4.78 is 0. The highest BCUT2D eigenvalue weighted by atomic mass is 35.5. The molecule has 1 rings (SSSR count). The van der Waals surface area contributed by atoms with Crippen LogP contribution in [-0.4, -0.2) is 26.5 Å². The second-order valence-corrected chi connectivity index (χ2v) is 4.25. The molecule has 0 aliphatic rings. The van der Waals surface area contributed by atoms with Gasteiger partial charge in [0, 0.05) is 5.69 Å². The van der Waals surface area contributed by atoms with Crippen LogP contribution in [0.3, 0.4) is 0 Å². The standard InChI is InChI=1S/C12H18N2O.ClH/c1-9-5-6-11(10(2)7-9)13-12(15)8-14(3)4;/h5-7H,8H2,1-4H3,(H,13,15);1H. The highest BCUT2D eigenvalue weighted by Gasteiger charge is 2.07. The molecule has 2 N–H and O–H groups in total. The SMILES string of the molecule is Cc1ccc(NC(=O)C[NH+](C)C)c(C)c1.[Cl-]. The average Bonchev–Trinajstić information content (AvgIpc) is 2.08. The van der Waals surface area contributed by atoms with Crippen LogP contribution in [0.2, 0.25) is 0 Å².